The van der Waals surface area contributed by atoms with Gasteiger partial charge in [-0.2, -0.15) is 0 Å². The van der Waals surface area contributed by atoms with E-state index in [9.17, 15) is 0 Å². The normalized spacial score (nSPS) is 25.1. The van der Waals surface area contributed by atoms with Gasteiger partial charge in [0.15, 0.2) is 0 Å². The highest BCUT2D eigenvalue weighted by Gasteiger charge is 2.20. The lowest BCUT2D eigenvalue weighted by Crippen LogP contribution is -2.35. The van der Waals surface area contributed by atoms with Crippen molar-refractivity contribution in [2.24, 2.45) is 23.5 Å². The quantitative estimate of drug-likeness (QED) is 0.578. The predicted octanol–water partition coefficient (Wildman–Crippen LogP) is 2.92. The molecule has 0 bridgehead atoms. The largest absolute Gasteiger partial charge is 0.396 e. The van der Waals surface area contributed by atoms with Gasteiger partial charge in [-0.25, -0.2) is 0 Å². The molecule has 0 aromatic heterocycles. The van der Waals surface area contributed by atoms with E-state index in [0.717, 1.165) is 37.4 Å². The number of aliphatic hydroxyl groups excluding tert-OH is 1. The summed E-state index contributed by atoms with van der Waals surface area (Å²) in [5, 5.41) is 12.9. The van der Waals surface area contributed by atoms with Crippen molar-refractivity contribution in [1.29, 1.82) is 0 Å². The Bertz CT molecular complexity index is 225. The zero-order valence-electron chi connectivity index (χ0n) is 13.6. The Morgan fingerprint density at radius 2 is 1.85 bits per heavy atom. The zero-order chi connectivity index (χ0) is 14.8. The van der Waals surface area contributed by atoms with Crippen LogP contribution in [0, 0.1) is 17.8 Å². The van der Waals surface area contributed by atoms with Crippen LogP contribution in [0.5, 0.6) is 0 Å². The monoisotopic (exact) mass is 284 g/mol. The van der Waals surface area contributed by atoms with E-state index in [0.29, 0.717) is 12.5 Å². The number of hydrogen-bond donors (Lipinski definition) is 3. The van der Waals surface area contributed by atoms with Crippen molar-refractivity contribution in [2.45, 2.75) is 71.3 Å². The summed E-state index contributed by atoms with van der Waals surface area (Å²) in [5.41, 5.74) is 5.64. The molecule has 3 nitrogen and oxygen atoms in total. The van der Waals surface area contributed by atoms with Gasteiger partial charge in [0.2, 0.25) is 0 Å². The number of nitrogens with one attached hydrogen (secondary N) is 1. The molecule has 0 aromatic rings. The molecule has 1 unspecified atom stereocenters. The SMILES string of the molecule is CC(C)CC(CCO)CCN[C@H]1CC[C@H](CCN)CC1. The second-order valence-electron chi connectivity index (χ2n) is 7.05. The zero-order valence-corrected chi connectivity index (χ0v) is 13.6. The summed E-state index contributed by atoms with van der Waals surface area (Å²) in [6.07, 6.45) is 9.95. The number of rotatable bonds is 10. The summed E-state index contributed by atoms with van der Waals surface area (Å²) in [4.78, 5) is 0. The van der Waals surface area contributed by atoms with Gasteiger partial charge >= 0.3 is 0 Å². The average molecular weight is 284 g/mol. The number of aliphatic hydroxyl groups is 1. The van der Waals surface area contributed by atoms with Crippen LogP contribution in [0.15, 0.2) is 0 Å². The molecule has 1 fully saturated rings. The van der Waals surface area contributed by atoms with Crippen LogP contribution in [0.4, 0.5) is 0 Å². The lowest BCUT2D eigenvalue weighted by molar-refractivity contribution is 0.230. The van der Waals surface area contributed by atoms with Gasteiger partial charge in [0.25, 0.3) is 0 Å². The first-order valence-corrected chi connectivity index (χ1v) is 8.70. The fourth-order valence-corrected chi connectivity index (χ4v) is 3.61. The summed E-state index contributed by atoms with van der Waals surface area (Å²) in [6, 6.07) is 0.720. The van der Waals surface area contributed by atoms with Crippen LogP contribution in [0.3, 0.4) is 0 Å². The predicted molar refractivity (Wildman–Crippen MR) is 86.7 cm³/mol. The van der Waals surface area contributed by atoms with Crippen molar-refractivity contribution in [1.82, 2.24) is 5.32 Å². The third-order valence-corrected chi connectivity index (χ3v) is 4.75. The third kappa shape index (κ3) is 7.61. The van der Waals surface area contributed by atoms with Crippen molar-refractivity contribution < 1.29 is 5.11 Å². The Hall–Kier alpha value is -0.120. The Kier molecular flexibility index (Phi) is 9.49. The standard InChI is InChI=1S/C17H36N2O/c1-14(2)13-16(9-12-20)8-11-19-17-5-3-15(4-6-17)7-10-18/h14-17,19-20H,3-13,18H2,1-2H3/t15-,16?,17-. The van der Waals surface area contributed by atoms with Gasteiger partial charge in [0.05, 0.1) is 0 Å². The molecule has 0 spiro atoms. The molecule has 0 aromatic carbocycles. The van der Waals surface area contributed by atoms with Crippen molar-refractivity contribution in [3.63, 3.8) is 0 Å². The van der Waals surface area contributed by atoms with E-state index in [1.54, 1.807) is 0 Å². The Morgan fingerprint density at radius 3 is 2.40 bits per heavy atom. The second kappa shape index (κ2) is 10.6. The molecule has 3 heteroatoms. The number of nitrogens with two attached hydrogens (primary N) is 1. The van der Waals surface area contributed by atoms with Gasteiger partial charge in [0.1, 0.15) is 0 Å². The van der Waals surface area contributed by atoms with Crippen LogP contribution in [0.25, 0.3) is 0 Å². The minimum Gasteiger partial charge on any atom is -0.396 e. The third-order valence-electron chi connectivity index (χ3n) is 4.75. The molecule has 20 heavy (non-hydrogen) atoms. The first-order valence-electron chi connectivity index (χ1n) is 8.70. The maximum atomic E-state index is 9.15. The van der Waals surface area contributed by atoms with Crippen LogP contribution < -0.4 is 11.1 Å². The van der Waals surface area contributed by atoms with Gasteiger partial charge in [0, 0.05) is 12.6 Å². The highest BCUT2D eigenvalue weighted by molar-refractivity contribution is 4.77. The van der Waals surface area contributed by atoms with Crippen LogP contribution >= 0.6 is 0 Å². The molecule has 0 aliphatic heterocycles. The molecule has 4 N–H and O–H groups in total. The van der Waals surface area contributed by atoms with Crippen molar-refractivity contribution in [2.75, 3.05) is 19.7 Å². The van der Waals surface area contributed by atoms with Crippen LogP contribution in [0.2, 0.25) is 0 Å². The molecule has 0 radical (unpaired) electrons. The molecule has 1 aliphatic rings. The molecule has 1 saturated carbocycles. The van der Waals surface area contributed by atoms with E-state index < -0.39 is 0 Å². The van der Waals surface area contributed by atoms with Gasteiger partial charge in [-0.1, -0.05) is 13.8 Å². The van der Waals surface area contributed by atoms with Gasteiger partial charge in [-0.15, -0.1) is 0 Å². The summed E-state index contributed by atoms with van der Waals surface area (Å²) in [7, 11) is 0. The van der Waals surface area contributed by atoms with Crippen LogP contribution in [-0.4, -0.2) is 30.8 Å². The van der Waals surface area contributed by atoms with E-state index in [2.05, 4.69) is 19.2 Å². The van der Waals surface area contributed by atoms with E-state index in [1.165, 1.54) is 44.9 Å². The Balaban J connectivity index is 2.13. The molecule has 0 heterocycles. The second-order valence-corrected chi connectivity index (χ2v) is 7.05. The lowest BCUT2D eigenvalue weighted by atomic mass is 9.84. The topological polar surface area (TPSA) is 58.3 Å². The van der Waals surface area contributed by atoms with Gasteiger partial charge in [-0.05, 0) is 82.2 Å². The average Bonchev–Trinajstić information content (AvgIpc) is 2.40. The summed E-state index contributed by atoms with van der Waals surface area (Å²) in [6.45, 7) is 6.85. The Labute approximate surface area is 125 Å². The summed E-state index contributed by atoms with van der Waals surface area (Å²) in [5.74, 6) is 2.29. The fourth-order valence-electron chi connectivity index (χ4n) is 3.61. The minimum absolute atomic E-state index is 0.335. The number of hydrogen-bond acceptors (Lipinski definition) is 3. The van der Waals surface area contributed by atoms with E-state index in [4.69, 9.17) is 10.8 Å². The van der Waals surface area contributed by atoms with Crippen molar-refractivity contribution in [3.8, 4) is 0 Å². The first kappa shape index (κ1) is 17.9. The van der Waals surface area contributed by atoms with E-state index in [-0.39, 0.29) is 0 Å². The molecule has 120 valence electrons. The van der Waals surface area contributed by atoms with Gasteiger partial charge < -0.3 is 16.2 Å². The highest BCUT2D eigenvalue weighted by atomic mass is 16.3. The van der Waals surface area contributed by atoms with Crippen LogP contribution in [0.1, 0.15) is 65.2 Å². The summed E-state index contributed by atoms with van der Waals surface area (Å²) < 4.78 is 0. The minimum atomic E-state index is 0.335. The molecule has 0 amide bonds. The Morgan fingerprint density at radius 1 is 1.15 bits per heavy atom. The molecule has 1 rings (SSSR count). The molecule has 1 aliphatic carbocycles. The lowest BCUT2D eigenvalue weighted by Gasteiger charge is -2.29. The highest BCUT2D eigenvalue weighted by Crippen LogP contribution is 2.26. The smallest absolute Gasteiger partial charge is 0.0433 e. The molecule has 0 saturated heterocycles. The summed E-state index contributed by atoms with van der Waals surface area (Å²) >= 11 is 0. The molecule has 1 atom stereocenters. The maximum Gasteiger partial charge on any atom is 0.0433 e. The molecular weight excluding hydrogens is 248 g/mol. The van der Waals surface area contributed by atoms with Crippen molar-refractivity contribution >= 4 is 0 Å². The molecular formula is C17H36N2O. The van der Waals surface area contributed by atoms with Gasteiger partial charge in [-0.3, -0.25) is 0 Å². The van der Waals surface area contributed by atoms with Crippen molar-refractivity contribution in [3.05, 3.63) is 0 Å². The van der Waals surface area contributed by atoms with E-state index >= 15 is 0 Å². The maximum absolute atomic E-state index is 9.15. The first-order chi connectivity index (χ1) is 9.65. The fraction of sp³-hybridized carbons (Fsp3) is 1.00. The van der Waals surface area contributed by atoms with E-state index in [1.807, 2.05) is 0 Å². The van der Waals surface area contributed by atoms with Crippen LogP contribution in [-0.2, 0) is 0 Å².